The van der Waals surface area contributed by atoms with Crippen LogP contribution in [-0.2, 0) is 20.5 Å². The van der Waals surface area contributed by atoms with Crippen LogP contribution in [0, 0.1) is 0 Å². The third-order valence-corrected chi connectivity index (χ3v) is 4.38. The van der Waals surface area contributed by atoms with Crippen molar-refractivity contribution in [2.45, 2.75) is 31.6 Å². The predicted molar refractivity (Wildman–Crippen MR) is 81.3 cm³/mol. The Bertz CT molecular complexity index is 572. The van der Waals surface area contributed by atoms with Crippen LogP contribution in [0.25, 0.3) is 0 Å². The number of ether oxygens (including phenoxy) is 1. The molecule has 0 radical (unpaired) electrons. The van der Waals surface area contributed by atoms with Gasteiger partial charge in [-0.3, -0.25) is 0 Å². The molecule has 0 fully saturated rings. The van der Waals surface area contributed by atoms with Crippen molar-refractivity contribution in [2.24, 2.45) is 5.73 Å². The highest BCUT2D eigenvalue weighted by Crippen LogP contribution is 2.10. The van der Waals surface area contributed by atoms with Crippen LogP contribution < -0.4 is 10.5 Å². The summed E-state index contributed by atoms with van der Waals surface area (Å²) in [6, 6.07) is 6.12. The van der Waals surface area contributed by atoms with Crippen LogP contribution in [0.5, 0.6) is 0 Å². The maximum Gasteiger partial charge on any atom is 0.337 e. The van der Waals surface area contributed by atoms with Gasteiger partial charge in [-0.05, 0) is 24.1 Å². The third-order valence-electron chi connectivity index (χ3n) is 2.97. The van der Waals surface area contributed by atoms with Crippen molar-refractivity contribution in [3.63, 3.8) is 0 Å². The SMILES string of the molecule is CCCC(CN)NS(=O)(=O)Cc1cccc(C(=O)OC)c1. The van der Waals surface area contributed by atoms with Crippen LogP contribution in [0.3, 0.4) is 0 Å². The maximum atomic E-state index is 12.1. The first-order valence-electron chi connectivity index (χ1n) is 6.79. The molecule has 3 N–H and O–H groups in total. The van der Waals surface area contributed by atoms with Gasteiger partial charge in [-0.1, -0.05) is 25.5 Å². The minimum Gasteiger partial charge on any atom is -0.465 e. The van der Waals surface area contributed by atoms with Crippen LogP contribution in [0.15, 0.2) is 24.3 Å². The number of methoxy groups -OCH3 is 1. The number of nitrogens with one attached hydrogen (secondary N) is 1. The van der Waals surface area contributed by atoms with Gasteiger partial charge in [0.1, 0.15) is 0 Å². The molecule has 7 heteroatoms. The molecular weight excluding hydrogens is 292 g/mol. The van der Waals surface area contributed by atoms with E-state index in [0.717, 1.165) is 6.42 Å². The molecule has 1 rings (SSSR count). The number of hydrogen-bond acceptors (Lipinski definition) is 5. The molecule has 0 saturated carbocycles. The fourth-order valence-electron chi connectivity index (χ4n) is 1.99. The van der Waals surface area contributed by atoms with E-state index in [4.69, 9.17) is 5.73 Å². The van der Waals surface area contributed by atoms with Gasteiger partial charge in [0.2, 0.25) is 10.0 Å². The van der Waals surface area contributed by atoms with Gasteiger partial charge >= 0.3 is 5.97 Å². The fourth-order valence-corrected chi connectivity index (χ4v) is 3.42. The Morgan fingerprint density at radius 3 is 2.71 bits per heavy atom. The molecule has 0 amide bonds. The van der Waals surface area contributed by atoms with Crippen LogP contribution >= 0.6 is 0 Å². The molecule has 0 aliphatic carbocycles. The normalized spacial score (nSPS) is 12.9. The van der Waals surface area contributed by atoms with E-state index in [9.17, 15) is 13.2 Å². The molecule has 0 bridgehead atoms. The molecular formula is C14H22N2O4S. The first kappa shape index (κ1) is 17.6. The summed E-state index contributed by atoms with van der Waals surface area (Å²) in [4.78, 5) is 11.4. The number of hydrogen-bond donors (Lipinski definition) is 2. The van der Waals surface area contributed by atoms with Crippen molar-refractivity contribution >= 4 is 16.0 Å². The second-order valence-corrected chi connectivity index (χ2v) is 6.54. The summed E-state index contributed by atoms with van der Waals surface area (Å²) in [5.74, 6) is -0.689. The summed E-state index contributed by atoms with van der Waals surface area (Å²) < 4.78 is 31.4. The minimum absolute atomic E-state index is 0.196. The summed E-state index contributed by atoms with van der Waals surface area (Å²) in [5.41, 5.74) is 6.41. The highest BCUT2D eigenvalue weighted by Gasteiger charge is 2.17. The summed E-state index contributed by atoms with van der Waals surface area (Å²) >= 11 is 0. The van der Waals surface area contributed by atoms with Gasteiger partial charge < -0.3 is 10.5 Å². The Labute approximate surface area is 125 Å². The first-order chi connectivity index (χ1) is 9.91. The van der Waals surface area contributed by atoms with Crippen LogP contribution in [0.4, 0.5) is 0 Å². The Balaban J connectivity index is 2.81. The average molecular weight is 314 g/mol. The Hall–Kier alpha value is -1.44. The van der Waals surface area contributed by atoms with Crippen molar-refractivity contribution in [1.82, 2.24) is 4.72 Å². The highest BCUT2D eigenvalue weighted by atomic mass is 32.2. The number of sulfonamides is 1. The Morgan fingerprint density at radius 2 is 2.14 bits per heavy atom. The van der Waals surface area contributed by atoms with Gasteiger partial charge in [-0.2, -0.15) is 0 Å². The van der Waals surface area contributed by atoms with Crippen LogP contribution in [0.1, 0.15) is 35.7 Å². The summed E-state index contributed by atoms with van der Waals surface area (Å²) in [7, 11) is -2.22. The van der Waals surface area contributed by atoms with Crippen molar-refractivity contribution in [3.05, 3.63) is 35.4 Å². The molecule has 0 heterocycles. The van der Waals surface area contributed by atoms with E-state index in [0.29, 0.717) is 17.5 Å². The van der Waals surface area contributed by atoms with Crippen molar-refractivity contribution in [3.8, 4) is 0 Å². The van der Waals surface area contributed by atoms with Crippen LogP contribution in [0.2, 0.25) is 0 Å². The van der Waals surface area contributed by atoms with E-state index in [1.165, 1.54) is 13.2 Å². The fraction of sp³-hybridized carbons (Fsp3) is 0.500. The van der Waals surface area contributed by atoms with E-state index >= 15 is 0 Å². The zero-order valence-electron chi connectivity index (χ0n) is 12.3. The molecule has 0 spiro atoms. The van der Waals surface area contributed by atoms with Gasteiger partial charge in [0, 0.05) is 12.6 Å². The number of benzene rings is 1. The number of nitrogens with two attached hydrogens (primary N) is 1. The summed E-state index contributed by atoms with van der Waals surface area (Å²) in [6.45, 7) is 2.23. The van der Waals surface area contributed by atoms with E-state index < -0.39 is 16.0 Å². The van der Waals surface area contributed by atoms with E-state index in [-0.39, 0.29) is 18.3 Å². The number of rotatable bonds is 8. The second-order valence-electron chi connectivity index (χ2n) is 4.79. The number of carbonyl (C=O) groups is 1. The molecule has 118 valence electrons. The molecule has 21 heavy (non-hydrogen) atoms. The standard InChI is InChI=1S/C14H22N2O4S/c1-3-5-13(9-15)16-21(18,19)10-11-6-4-7-12(8-11)14(17)20-2/h4,6-8,13,16H,3,5,9-10,15H2,1-2H3. The highest BCUT2D eigenvalue weighted by molar-refractivity contribution is 7.88. The van der Waals surface area contributed by atoms with Gasteiger partial charge in [-0.15, -0.1) is 0 Å². The van der Waals surface area contributed by atoms with Crippen molar-refractivity contribution in [1.29, 1.82) is 0 Å². The molecule has 0 aromatic heterocycles. The lowest BCUT2D eigenvalue weighted by molar-refractivity contribution is 0.0600. The average Bonchev–Trinajstić information content (AvgIpc) is 2.45. The van der Waals surface area contributed by atoms with Crippen LogP contribution in [-0.4, -0.2) is 34.1 Å². The molecule has 1 unspecified atom stereocenters. The Kier molecular flexibility index (Phi) is 6.80. The molecule has 0 aliphatic heterocycles. The zero-order chi connectivity index (χ0) is 15.9. The number of carbonyl (C=O) groups excluding carboxylic acids is 1. The molecule has 1 atom stereocenters. The monoisotopic (exact) mass is 314 g/mol. The Morgan fingerprint density at radius 1 is 1.43 bits per heavy atom. The lowest BCUT2D eigenvalue weighted by Crippen LogP contribution is -2.40. The largest absolute Gasteiger partial charge is 0.465 e. The summed E-state index contributed by atoms with van der Waals surface area (Å²) in [6.07, 6.45) is 1.54. The second kappa shape index (κ2) is 8.11. The van der Waals surface area contributed by atoms with Crippen molar-refractivity contribution < 1.29 is 17.9 Å². The predicted octanol–water partition coefficient (Wildman–Crippen LogP) is 1.02. The third kappa shape index (κ3) is 5.82. The molecule has 0 saturated heterocycles. The molecule has 1 aromatic carbocycles. The van der Waals surface area contributed by atoms with Crippen molar-refractivity contribution in [2.75, 3.05) is 13.7 Å². The smallest absolute Gasteiger partial charge is 0.337 e. The molecule has 1 aromatic rings. The zero-order valence-corrected chi connectivity index (χ0v) is 13.2. The van der Waals surface area contributed by atoms with Gasteiger partial charge in [0.25, 0.3) is 0 Å². The first-order valence-corrected chi connectivity index (χ1v) is 8.44. The summed E-state index contributed by atoms with van der Waals surface area (Å²) in [5, 5.41) is 0. The van der Waals surface area contributed by atoms with Gasteiger partial charge in [-0.25, -0.2) is 17.9 Å². The lowest BCUT2D eigenvalue weighted by Gasteiger charge is -2.16. The molecule has 0 aliphatic rings. The van der Waals surface area contributed by atoms with E-state index in [1.54, 1.807) is 18.2 Å². The lowest BCUT2D eigenvalue weighted by atomic mass is 10.1. The maximum absolute atomic E-state index is 12.1. The molecule has 6 nitrogen and oxygen atoms in total. The quantitative estimate of drug-likeness (QED) is 0.698. The topological polar surface area (TPSA) is 98.5 Å². The van der Waals surface area contributed by atoms with E-state index in [1.807, 2.05) is 6.92 Å². The van der Waals surface area contributed by atoms with E-state index in [2.05, 4.69) is 9.46 Å². The minimum atomic E-state index is -3.50. The number of esters is 1. The van der Waals surface area contributed by atoms with Gasteiger partial charge in [0.05, 0.1) is 18.4 Å². The van der Waals surface area contributed by atoms with Gasteiger partial charge in [0.15, 0.2) is 0 Å².